The van der Waals surface area contributed by atoms with E-state index in [1.165, 1.54) is 16.2 Å². The number of likely N-dealkylation sites (N-methyl/N-ethyl adjacent to an activating group) is 1. The summed E-state index contributed by atoms with van der Waals surface area (Å²) in [5.41, 5.74) is 1.91. The molecule has 1 fully saturated rings. The Balaban J connectivity index is 2.18. The van der Waals surface area contributed by atoms with E-state index in [1.807, 2.05) is 27.7 Å². The van der Waals surface area contributed by atoms with Crippen LogP contribution in [0.2, 0.25) is 0 Å². The largest absolute Gasteiger partial charge is 0.357 e. The summed E-state index contributed by atoms with van der Waals surface area (Å²) in [6.07, 6.45) is 4.83. The van der Waals surface area contributed by atoms with Crippen LogP contribution in [0.3, 0.4) is 0 Å². The topological polar surface area (TPSA) is 97.0 Å². The number of hydrogen-bond acceptors (Lipinski definition) is 5. The van der Waals surface area contributed by atoms with Crippen molar-refractivity contribution in [3.05, 3.63) is 35.4 Å². The maximum absolute atomic E-state index is 13.5. The summed E-state index contributed by atoms with van der Waals surface area (Å²) < 4.78 is 5.63. The monoisotopic (exact) mass is 489 g/mol. The van der Waals surface area contributed by atoms with Crippen molar-refractivity contribution >= 4 is 18.2 Å². The average Bonchev–Trinajstić information content (AvgIpc) is 2.83. The maximum atomic E-state index is 13.5. The first-order valence-corrected chi connectivity index (χ1v) is 12.7. The predicted molar refractivity (Wildman–Crippen MR) is 135 cm³/mol. The minimum Gasteiger partial charge on any atom is -0.357 e. The van der Waals surface area contributed by atoms with Crippen molar-refractivity contribution in [2.24, 2.45) is 11.3 Å². The van der Waals surface area contributed by atoms with Gasteiger partial charge in [0.25, 0.3) is 0 Å². The molecule has 8 heteroatoms. The van der Waals surface area contributed by atoms with Gasteiger partial charge in [0, 0.05) is 20.1 Å². The third kappa shape index (κ3) is 8.93. The lowest BCUT2D eigenvalue weighted by Gasteiger charge is -2.36. The van der Waals surface area contributed by atoms with Crippen molar-refractivity contribution in [3.8, 4) is 0 Å². The summed E-state index contributed by atoms with van der Waals surface area (Å²) in [4.78, 5) is 43.9. The molecule has 0 aromatic heterocycles. The number of carbonyl (C=O) groups excluding carboxylic acids is 3. The van der Waals surface area contributed by atoms with Crippen molar-refractivity contribution in [1.82, 2.24) is 15.7 Å². The number of amides is 3. The zero-order valence-electron chi connectivity index (χ0n) is 22.1. The number of carbonyl (C=O) groups is 3. The molecule has 2 N–H and O–H groups in total. The van der Waals surface area contributed by atoms with Crippen LogP contribution in [-0.4, -0.2) is 55.3 Å². The molecule has 35 heavy (non-hydrogen) atoms. The zero-order chi connectivity index (χ0) is 26.0. The fourth-order valence-corrected chi connectivity index (χ4v) is 4.27. The Kier molecular flexibility index (Phi) is 11.2. The Morgan fingerprint density at radius 3 is 2.43 bits per heavy atom. The number of hydrogen-bond donors (Lipinski definition) is 2. The molecular weight excluding hydrogens is 446 g/mol. The molecule has 4 atom stereocenters. The van der Waals surface area contributed by atoms with Crippen molar-refractivity contribution < 1.29 is 24.0 Å². The van der Waals surface area contributed by atoms with Crippen LogP contribution >= 0.6 is 0 Å². The van der Waals surface area contributed by atoms with E-state index < -0.39 is 29.7 Å². The molecule has 1 aliphatic rings. The first kappa shape index (κ1) is 28.8. The van der Waals surface area contributed by atoms with E-state index in [2.05, 4.69) is 34.9 Å². The van der Waals surface area contributed by atoms with Gasteiger partial charge in [-0.3, -0.25) is 14.4 Å². The fourth-order valence-electron chi connectivity index (χ4n) is 4.27. The Bertz CT molecular complexity index is 815. The number of rotatable bonds is 12. The van der Waals surface area contributed by atoms with E-state index in [9.17, 15) is 14.4 Å². The van der Waals surface area contributed by atoms with E-state index in [4.69, 9.17) is 9.57 Å². The van der Waals surface area contributed by atoms with Gasteiger partial charge in [0.05, 0.1) is 12.0 Å². The third-order valence-corrected chi connectivity index (χ3v) is 6.56. The van der Waals surface area contributed by atoms with Crippen LogP contribution in [0.5, 0.6) is 0 Å². The summed E-state index contributed by atoms with van der Waals surface area (Å²) >= 11 is 0. The highest BCUT2D eigenvalue weighted by Crippen LogP contribution is 2.25. The van der Waals surface area contributed by atoms with Crippen molar-refractivity contribution in [1.29, 1.82) is 0 Å². The lowest BCUT2D eigenvalue weighted by atomic mass is 9.85. The van der Waals surface area contributed by atoms with Crippen LogP contribution in [0.15, 0.2) is 24.3 Å². The van der Waals surface area contributed by atoms with Gasteiger partial charge in [-0.05, 0) is 56.9 Å². The van der Waals surface area contributed by atoms with Gasteiger partial charge in [-0.2, -0.15) is 0 Å². The quantitative estimate of drug-likeness (QED) is 0.346. The SMILES string of the molecule is CNC(=O)[C@@H](NC(=O)[C@H](CCCc1ccc(C)cc1)[C@H](C)N(C=O)OC1CCCCO1)C(C)(C)C. The smallest absolute Gasteiger partial charge is 0.242 e. The summed E-state index contributed by atoms with van der Waals surface area (Å²) in [5, 5.41) is 6.79. The van der Waals surface area contributed by atoms with Crippen LogP contribution in [0, 0.1) is 18.3 Å². The molecule has 1 aromatic carbocycles. The highest BCUT2D eigenvalue weighted by molar-refractivity contribution is 5.89. The highest BCUT2D eigenvalue weighted by atomic mass is 16.8. The minimum absolute atomic E-state index is 0.254. The number of benzene rings is 1. The molecule has 1 aliphatic heterocycles. The van der Waals surface area contributed by atoms with Gasteiger partial charge < -0.3 is 15.4 Å². The fraction of sp³-hybridized carbons (Fsp3) is 0.667. The maximum Gasteiger partial charge on any atom is 0.242 e. The van der Waals surface area contributed by atoms with Crippen molar-refractivity contribution in [3.63, 3.8) is 0 Å². The Morgan fingerprint density at radius 2 is 1.89 bits per heavy atom. The molecule has 3 amide bonds. The molecule has 2 rings (SSSR count). The predicted octanol–water partition coefficient (Wildman–Crippen LogP) is 3.52. The number of ether oxygens (including phenoxy) is 1. The van der Waals surface area contributed by atoms with Gasteiger partial charge in [-0.15, -0.1) is 0 Å². The third-order valence-electron chi connectivity index (χ3n) is 6.56. The number of aryl methyl sites for hydroxylation is 2. The van der Waals surface area contributed by atoms with Gasteiger partial charge >= 0.3 is 0 Å². The lowest BCUT2D eigenvalue weighted by molar-refractivity contribution is -0.287. The van der Waals surface area contributed by atoms with Gasteiger partial charge in [0.2, 0.25) is 18.2 Å². The van der Waals surface area contributed by atoms with E-state index in [1.54, 1.807) is 14.0 Å². The van der Waals surface area contributed by atoms with E-state index >= 15 is 0 Å². The summed E-state index contributed by atoms with van der Waals surface area (Å²) in [6, 6.07) is 7.09. The molecular formula is C27H43N3O5. The molecule has 1 saturated heterocycles. The molecule has 0 bridgehead atoms. The van der Waals surface area contributed by atoms with Crippen LogP contribution in [0.4, 0.5) is 0 Å². The molecule has 0 aliphatic carbocycles. The molecule has 8 nitrogen and oxygen atoms in total. The normalized spacial score (nSPS) is 18.7. The van der Waals surface area contributed by atoms with Crippen LogP contribution < -0.4 is 10.6 Å². The van der Waals surface area contributed by atoms with Gasteiger partial charge in [-0.1, -0.05) is 50.6 Å². The van der Waals surface area contributed by atoms with Crippen LogP contribution in [-0.2, 0) is 30.4 Å². The summed E-state index contributed by atoms with van der Waals surface area (Å²) in [6.45, 7) is 10.2. The Labute approximate surface area is 210 Å². The Morgan fingerprint density at radius 1 is 1.20 bits per heavy atom. The molecule has 1 aromatic rings. The minimum atomic E-state index is -0.709. The van der Waals surface area contributed by atoms with E-state index in [0.29, 0.717) is 25.9 Å². The van der Waals surface area contributed by atoms with Gasteiger partial charge in [0.1, 0.15) is 6.04 Å². The van der Waals surface area contributed by atoms with E-state index in [-0.39, 0.29) is 11.8 Å². The number of hydroxylamine groups is 2. The molecule has 196 valence electrons. The second-order valence-corrected chi connectivity index (χ2v) is 10.5. The van der Waals surface area contributed by atoms with Gasteiger partial charge in [0.15, 0.2) is 6.29 Å². The van der Waals surface area contributed by atoms with Crippen LogP contribution in [0.25, 0.3) is 0 Å². The first-order valence-electron chi connectivity index (χ1n) is 12.7. The Hall–Kier alpha value is -2.45. The van der Waals surface area contributed by atoms with Crippen LogP contribution in [0.1, 0.15) is 70.9 Å². The van der Waals surface area contributed by atoms with Crippen molar-refractivity contribution in [2.45, 2.75) is 91.5 Å². The lowest BCUT2D eigenvalue weighted by Crippen LogP contribution is -2.56. The number of nitrogens with one attached hydrogen (secondary N) is 2. The second kappa shape index (κ2) is 13.6. The summed E-state index contributed by atoms with van der Waals surface area (Å²) in [5.74, 6) is -1.09. The molecule has 1 unspecified atom stereocenters. The van der Waals surface area contributed by atoms with Gasteiger partial charge in [-0.25, -0.2) is 9.90 Å². The van der Waals surface area contributed by atoms with E-state index in [0.717, 1.165) is 25.7 Å². The molecule has 0 saturated carbocycles. The molecule has 1 heterocycles. The highest BCUT2D eigenvalue weighted by Gasteiger charge is 2.37. The summed E-state index contributed by atoms with van der Waals surface area (Å²) in [7, 11) is 1.56. The molecule has 0 radical (unpaired) electrons. The first-order chi connectivity index (χ1) is 16.6. The average molecular weight is 490 g/mol. The number of nitrogens with zero attached hydrogens (tertiary/aromatic N) is 1. The molecule has 0 spiro atoms. The zero-order valence-corrected chi connectivity index (χ0v) is 22.1. The standard InChI is InChI=1S/C27H43N3O5/c1-19-13-15-21(16-14-19)10-9-11-22(25(32)29-24(26(33)28-6)27(3,4)5)20(2)30(18-31)35-23-12-7-8-17-34-23/h13-16,18,20,22-24H,7-12,17H2,1-6H3,(H,28,33)(H,29,32)/t20-,22+,23?,24+/m0/s1. The van der Waals surface area contributed by atoms with Crippen molar-refractivity contribution in [2.75, 3.05) is 13.7 Å². The second-order valence-electron chi connectivity index (χ2n) is 10.5.